The molecule has 16 heavy (non-hydrogen) atoms. The van der Waals surface area contributed by atoms with Crippen LogP contribution in [0.15, 0.2) is 11.4 Å². The van der Waals surface area contributed by atoms with Crippen molar-refractivity contribution >= 4 is 39.8 Å². The van der Waals surface area contributed by atoms with Crippen LogP contribution in [0.5, 0.6) is 0 Å². The van der Waals surface area contributed by atoms with Crippen molar-refractivity contribution < 1.29 is 4.79 Å². The highest BCUT2D eigenvalue weighted by Crippen LogP contribution is 2.28. The minimum absolute atomic E-state index is 0.202. The van der Waals surface area contributed by atoms with Gasteiger partial charge in [-0.05, 0) is 54.3 Å². The molecule has 1 heterocycles. The maximum atomic E-state index is 12.2. The van der Waals surface area contributed by atoms with Crippen molar-refractivity contribution in [1.82, 2.24) is 4.90 Å². The average molecular weight is 349 g/mol. The van der Waals surface area contributed by atoms with Crippen LogP contribution < -0.4 is 0 Å². The van der Waals surface area contributed by atoms with Gasteiger partial charge < -0.3 is 4.90 Å². The van der Waals surface area contributed by atoms with Gasteiger partial charge in [-0.25, -0.2) is 0 Å². The molecule has 0 atom stereocenters. The summed E-state index contributed by atoms with van der Waals surface area (Å²) in [5.41, 5.74) is 0.857. The molecule has 1 aromatic rings. The fraction of sp³-hybridized carbons (Fsp3) is 0.583. The van der Waals surface area contributed by atoms with Crippen LogP contribution >= 0.6 is 33.9 Å². The van der Waals surface area contributed by atoms with Crippen molar-refractivity contribution in [1.29, 1.82) is 0 Å². The SMILES string of the molecule is CCN(CC1CCC1)C(=O)c1csc(I)c1. The lowest BCUT2D eigenvalue weighted by atomic mass is 9.85. The Kier molecular flexibility index (Phi) is 4.24. The molecule has 2 nitrogen and oxygen atoms in total. The van der Waals surface area contributed by atoms with Crippen LogP contribution in [0.4, 0.5) is 0 Å². The van der Waals surface area contributed by atoms with E-state index < -0.39 is 0 Å². The number of carbonyl (C=O) groups is 1. The first kappa shape index (κ1) is 12.4. The van der Waals surface area contributed by atoms with Crippen LogP contribution in [-0.2, 0) is 0 Å². The van der Waals surface area contributed by atoms with Crippen LogP contribution in [0.3, 0.4) is 0 Å². The molecule has 0 unspecified atom stereocenters. The molecule has 1 aromatic heterocycles. The second-order valence-electron chi connectivity index (χ2n) is 4.28. The number of nitrogens with zero attached hydrogens (tertiary/aromatic N) is 1. The van der Waals surface area contributed by atoms with Gasteiger partial charge in [-0.15, -0.1) is 11.3 Å². The summed E-state index contributed by atoms with van der Waals surface area (Å²) in [7, 11) is 0. The monoisotopic (exact) mass is 349 g/mol. The molecule has 4 heteroatoms. The van der Waals surface area contributed by atoms with Crippen LogP contribution in [0.1, 0.15) is 36.5 Å². The number of thiophene rings is 1. The molecule has 2 rings (SSSR count). The maximum absolute atomic E-state index is 12.2. The lowest BCUT2D eigenvalue weighted by molar-refractivity contribution is 0.0707. The van der Waals surface area contributed by atoms with E-state index >= 15 is 0 Å². The van der Waals surface area contributed by atoms with E-state index in [0.29, 0.717) is 0 Å². The van der Waals surface area contributed by atoms with Gasteiger partial charge in [-0.2, -0.15) is 0 Å². The van der Waals surface area contributed by atoms with E-state index in [1.54, 1.807) is 11.3 Å². The molecule has 0 saturated heterocycles. The Morgan fingerprint density at radius 2 is 2.38 bits per heavy atom. The van der Waals surface area contributed by atoms with Crippen LogP contribution in [-0.4, -0.2) is 23.9 Å². The molecule has 1 aliphatic rings. The van der Waals surface area contributed by atoms with Crippen LogP contribution in [0.2, 0.25) is 0 Å². The fourth-order valence-corrected chi connectivity index (χ4v) is 3.27. The first-order valence-electron chi connectivity index (χ1n) is 5.74. The first-order chi connectivity index (χ1) is 7.70. The molecule has 0 aromatic carbocycles. The first-order valence-corrected chi connectivity index (χ1v) is 7.70. The molecule has 0 spiro atoms. The molecule has 0 radical (unpaired) electrons. The van der Waals surface area contributed by atoms with Crippen LogP contribution in [0, 0.1) is 8.80 Å². The van der Waals surface area contributed by atoms with Gasteiger partial charge >= 0.3 is 0 Å². The second-order valence-corrected chi connectivity index (χ2v) is 7.09. The molecular formula is C12H16INOS. The van der Waals surface area contributed by atoms with Gasteiger partial charge in [-0.1, -0.05) is 6.42 Å². The maximum Gasteiger partial charge on any atom is 0.254 e. The lowest BCUT2D eigenvalue weighted by Crippen LogP contribution is -2.37. The molecule has 0 aliphatic heterocycles. The third-order valence-electron chi connectivity index (χ3n) is 3.19. The summed E-state index contributed by atoms with van der Waals surface area (Å²) in [6.07, 6.45) is 3.93. The van der Waals surface area contributed by atoms with Crippen LogP contribution in [0.25, 0.3) is 0 Å². The Labute approximate surface area is 114 Å². The summed E-state index contributed by atoms with van der Waals surface area (Å²) in [6, 6.07) is 1.98. The van der Waals surface area contributed by atoms with Crippen molar-refractivity contribution in [3.63, 3.8) is 0 Å². The topological polar surface area (TPSA) is 20.3 Å². The second kappa shape index (κ2) is 5.49. The zero-order valence-electron chi connectivity index (χ0n) is 9.41. The smallest absolute Gasteiger partial charge is 0.254 e. The fourth-order valence-electron chi connectivity index (χ4n) is 1.95. The molecule has 0 N–H and O–H groups in total. The highest BCUT2D eigenvalue weighted by Gasteiger charge is 2.23. The van der Waals surface area contributed by atoms with Gasteiger partial charge in [-0.3, -0.25) is 4.79 Å². The number of rotatable bonds is 4. The normalized spacial score (nSPS) is 15.9. The van der Waals surface area contributed by atoms with Crippen molar-refractivity contribution in [3.8, 4) is 0 Å². The van der Waals surface area contributed by atoms with Crippen molar-refractivity contribution in [2.24, 2.45) is 5.92 Å². The third kappa shape index (κ3) is 2.77. The highest BCUT2D eigenvalue weighted by atomic mass is 127. The van der Waals surface area contributed by atoms with Gasteiger partial charge in [0.15, 0.2) is 0 Å². The number of carbonyl (C=O) groups excluding carboxylic acids is 1. The Bertz CT molecular complexity index is 373. The molecule has 0 bridgehead atoms. The number of hydrogen-bond acceptors (Lipinski definition) is 2. The van der Waals surface area contributed by atoms with Gasteiger partial charge in [0.05, 0.1) is 8.45 Å². The van der Waals surface area contributed by atoms with E-state index in [1.807, 2.05) is 16.3 Å². The van der Waals surface area contributed by atoms with E-state index in [1.165, 1.54) is 22.1 Å². The minimum atomic E-state index is 0.202. The Hall–Kier alpha value is -0.100. The molecule has 1 amide bonds. The zero-order chi connectivity index (χ0) is 11.5. The summed E-state index contributed by atoms with van der Waals surface area (Å²) < 4.78 is 1.18. The van der Waals surface area contributed by atoms with E-state index in [4.69, 9.17) is 0 Å². The Morgan fingerprint density at radius 3 is 2.81 bits per heavy atom. The third-order valence-corrected chi connectivity index (χ3v) is 4.98. The molecule has 1 saturated carbocycles. The predicted octanol–water partition coefficient (Wildman–Crippen LogP) is 3.61. The van der Waals surface area contributed by atoms with Gasteiger partial charge in [0, 0.05) is 18.5 Å². The predicted molar refractivity (Wildman–Crippen MR) is 76.0 cm³/mol. The number of hydrogen-bond donors (Lipinski definition) is 0. The summed E-state index contributed by atoms with van der Waals surface area (Å²) >= 11 is 3.90. The van der Waals surface area contributed by atoms with Gasteiger partial charge in [0.25, 0.3) is 5.91 Å². The largest absolute Gasteiger partial charge is 0.339 e. The van der Waals surface area contributed by atoms with E-state index in [2.05, 4.69) is 29.5 Å². The summed E-state index contributed by atoms with van der Waals surface area (Å²) in [6.45, 7) is 3.83. The van der Waals surface area contributed by atoms with E-state index in [9.17, 15) is 4.79 Å². The molecular weight excluding hydrogens is 333 g/mol. The highest BCUT2D eigenvalue weighted by molar-refractivity contribution is 14.1. The quantitative estimate of drug-likeness (QED) is 0.761. The molecule has 1 aliphatic carbocycles. The lowest BCUT2D eigenvalue weighted by Gasteiger charge is -2.31. The number of halogens is 1. The standard InChI is InChI=1S/C12H16INOS/c1-2-14(7-9-4-3-5-9)12(15)10-6-11(13)16-8-10/h6,8-9H,2-5,7H2,1H3. The Morgan fingerprint density at radius 1 is 1.62 bits per heavy atom. The van der Waals surface area contributed by atoms with Crippen molar-refractivity contribution in [3.05, 3.63) is 19.9 Å². The van der Waals surface area contributed by atoms with Gasteiger partial charge in [0.2, 0.25) is 0 Å². The molecule has 88 valence electrons. The summed E-state index contributed by atoms with van der Waals surface area (Å²) in [5.74, 6) is 0.954. The van der Waals surface area contributed by atoms with Gasteiger partial charge in [0.1, 0.15) is 0 Å². The van der Waals surface area contributed by atoms with Crippen molar-refractivity contribution in [2.45, 2.75) is 26.2 Å². The summed E-state index contributed by atoms with van der Waals surface area (Å²) in [5, 5.41) is 1.97. The van der Waals surface area contributed by atoms with E-state index in [0.717, 1.165) is 24.6 Å². The van der Waals surface area contributed by atoms with E-state index in [-0.39, 0.29) is 5.91 Å². The molecule has 1 fully saturated rings. The Balaban J connectivity index is 1.99. The number of amides is 1. The summed E-state index contributed by atoms with van der Waals surface area (Å²) in [4.78, 5) is 14.2. The zero-order valence-corrected chi connectivity index (χ0v) is 12.4. The average Bonchev–Trinajstić information content (AvgIpc) is 2.63. The van der Waals surface area contributed by atoms with Crippen molar-refractivity contribution in [2.75, 3.05) is 13.1 Å². The minimum Gasteiger partial charge on any atom is -0.339 e.